The van der Waals surface area contributed by atoms with Crippen LogP contribution in [0.25, 0.3) is 0 Å². The van der Waals surface area contributed by atoms with Crippen LogP contribution in [-0.2, 0) is 0 Å². The SMILES string of the molecule is C[C@@H]1CCC=C([O-])C1.[Li+]. The molecule has 0 aromatic carbocycles. The molecule has 0 aromatic rings. The van der Waals surface area contributed by atoms with Crippen LogP contribution in [0.2, 0.25) is 0 Å². The number of hydrogen-bond donors (Lipinski definition) is 0. The molecule has 0 radical (unpaired) electrons. The Morgan fingerprint density at radius 3 is 2.67 bits per heavy atom. The van der Waals surface area contributed by atoms with Gasteiger partial charge in [0.15, 0.2) is 0 Å². The fourth-order valence-corrected chi connectivity index (χ4v) is 1.06. The van der Waals surface area contributed by atoms with Crippen molar-refractivity contribution >= 4 is 0 Å². The fourth-order valence-electron chi connectivity index (χ4n) is 1.06. The standard InChI is InChI=1S/C7H12O.Li/c1-6-3-2-4-7(8)5-6;/h4,6,8H,2-3,5H2,1H3;/q;+1/p-1/t6-;/m1./s1. The second-order valence-corrected chi connectivity index (χ2v) is 2.56. The Labute approximate surface area is 68.3 Å². The summed E-state index contributed by atoms with van der Waals surface area (Å²) in [6.45, 7) is 2.13. The predicted molar refractivity (Wildman–Crippen MR) is 31.1 cm³/mol. The molecule has 1 nitrogen and oxygen atoms in total. The van der Waals surface area contributed by atoms with Crippen molar-refractivity contribution in [1.82, 2.24) is 0 Å². The minimum Gasteiger partial charge on any atom is -0.876 e. The first kappa shape index (κ1) is 9.14. The zero-order valence-corrected chi connectivity index (χ0v) is 6.18. The van der Waals surface area contributed by atoms with Gasteiger partial charge in [0.1, 0.15) is 0 Å². The molecule has 0 saturated carbocycles. The summed E-state index contributed by atoms with van der Waals surface area (Å²) < 4.78 is 0. The van der Waals surface area contributed by atoms with E-state index < -0.39 is 0 Å². The zero-order valence-electron chi connectivity index (χ0n) is 6.18. The van der Waals surface area contributed by atoms with Gasteiger partial charge in [0, 0.05) is 0 Å². The Balaban J connectivity index is 0.000000640. The molecule has 0 N–H and O–H groups in total. The maximum Gasteiger partial charge on any atom is 1.00 e. The van der Waals surface area contributed by atoms with E-state index in [1.165, 1.54) is 6.42 Å². The van der Waals surface area contributed by atoms with E-state index >= 15 is 0 Å². The average molecular weight is 118 g/mol. The summed E-state index contributed by atoms with van der Waals surface area (Å²) in [5.41, 5.74) is 0. The Kier molecular flexibility index (Phi) is 4.10. The number of allylic oxidation sites excluding steroid dienone is 2. The van der Waals surface area contributed by atoms with Crippen molar-refractivity contribution < 1.29 is 24.0 Å². The maximum absolute atomic E-state index is 10.6. The van der Waals surface area contributed by atoms with Gasteiger partial charge in [-0.2, -0.15) is 0 Å². The largest absolute Gasteiger partial charge is 1.00 e. The second-order valence-electron chi connectivity index (χ2n) is 2.56. The molecule has 0 unspecified atom stereocenters. The van der Waals surface area contributed by atoms with Gasteiger partial charge in [-0.05, 0) is 25.2 Å². The first-order valence-corrected chi connectivity index (χ1v) is 3.15. The molecule has 0 spiro atoms. The molecule has 1 atom stereocenters. The summed E-state index contributed by atoms with van der Waals surface area (Å²) in [6.07, 6.45) is 4.78. The van der Waals surface area contributed by atoms with Gasteiger partial charge in [-0.3, -0.25) is 0 Å². The molecule has 0 saturated heterocycles. The van der Waals surface area contributed by atoms with Crippen molar-refractivity contribution in [2.24, 2.45) is 5.92 Å². The molecular formula is C7H11LiO. The van der Waals surface area contributed by atoms with E-state index in [1.54, 1.807) is 6.08 Å². The van der Waals surface area contributed by atoms with E-state index in [4.69, 9.17) is 0 Å². The minimum atomic E-state index is 0. The van der Waals surface area contributed by atoms with Crippen molar-refractivity contribution in [2.75, 3.05) is 0 Å². The van der Waals surface area contributed by atoms with Crippen LogP contribution < -0.4 is 24.0 Å². The third-order valence-electron chi connectivity index (χ3n) is 1.58. The molecular weight excluding hydrogens is 107 g/mol. The fraction of sp³-hybridized carbons (Fsp3) is 0.714. The Bertz CT molecular complexity index is 109. The van der Waals surface area contributed by atoms with Crippen molar-refractivity contribution in [3.63, 3.8) is 0 Å². The average Bonchev–Trinajstić information content (AvgIpc) is 1.64. The van der Waals surface area contributed by atoms with Gasteiger partial charge in [0.05, 0.1) is 0 Å². The molecule has 1 aliphatic rings. The van der Waals surface area contributed by atoms with Crippen LogP contribution in [0, 0.1) is 5.92 Å². The Morgan fingerprint density at radius 1 is 1.67 bits per heavy atom. The van der Waals surface area contributed by atoms with Gasteiger partial charge in [-0.1, -0.05) is 13.0 Å². The monoisotopic (exact) mass is 118 g/mol. The maximum atomic E-state index is 10.6. The van der Waals surface area contributed by atoms with Gasteiger partial charge >= 0.3 is 18.9 Å². The molecule has 0 amide bonds. The summed E-state index contributed by atoms with van der Waals surface area (Å²) in [6, 6.07) is 0. The molecule has 1 aliphatic carbocycles. The van der Waals surface area contributed by atoms with Gasteiger partial charge in [-0.25, -0.2) is 0 Å². The van der Waals surface area contributed by atoms with Crippen LogP contribution in [0.15, 0.2) is 11.8 Å². The first-order chi connectivity index (χ1) is 3.79. The topological polar surface area (TPSA) is 23.1 Å². The zero-order chi connectivity index (χ0) is 5.98. The van der Waals surface area contributed by atoms with Crippen LogP contribution in [0.3, 0.4) is 0 Å². The quantitative estimate of drug-likeness (QED) is 0.339. The molecule has 1 rings (SSSR count). The van der Waals surface area contributed by atoms with E-state index in [9.17, 15) is 5.11 Å². The van der Waals surface area contributed by atoms with Crippen molar-refractivity contribution in [2.45, 2.75) is 26.2 Å². The molecule has 46 valence electrons. The summed E-state index contributed by atoms with van der Waals surface area (Å²) in [7, 11) is 0. The Hall–Kier alpha value is 0.137. The van der Waals surface area contributed by atoms with E-state index in [-0.39, 0.29) is 18.9 Å². The normalized spacial score (nSPS) is 26.3. The Morgan fingerprint density at radius 2 is 2.33 bits per heavy atom. The van der Waals surface area contributed by atoms with Gasteiger partial charge in [0.2, 0.25) is 0 Å². The van der Waals surface area contributed by atoms with E-state index in [0.717, 1.165) is 12.8 Å². The molecule has 9 heavy (non-hydrogen) atoms. The van der Waals surface area contributed by atoms with Gasteiger partial charge in [0.25, 0.3) is 0 Å². The van der Waals surface area contributed by atoms with E-state index in [2.05, 4.69) is 6.92 Å². The summed E-state index contributed by atoms with van der Waals surface area (Å²) in [5.74, 6) is 0.969. The summed E-state index contributed by atoms with van der Waals surface area (Å²) >= 11 is 0. The number of hydrogen-bond acceptors (Lipinski definition) is 1. The van der Waals surface area contributed by atoms with Crippen LogP contribution in [0.5, 0.6) is 0 Å². The van der Waals surface area contributed by atoms with Crippen molar-refractivity contribution in [3.8, 4) is 0 Å². The van der Waals surface area contributed by atoms with Crippen LogP contribution in [0.4, 0.5) is 0 Å². The summed E-state index contributed by atoms with van der Waals surface area (Å²) in [5, 5.41) is 10.6. The molecule has 0 heterocycles. The second kappa shape index (κ2) is 4.03. The minimum absolute atomic E-state index is 0. The van der Waals surface area contributed by atoms with Crippen molar-refractivity contribution in [1.29, 1.82) is 0 Å². The summed E-state index contributed by atoms with van der Waals surface area (Å²) in [4.78, 5) is 0. The molecule has 0 fully saturated rings. The van der Waals surface area contributed by atoms with Gasteiger partial charge < -0.3 is 5.11 Å². The van der Waals surface area contributed by atoms with Crippen LogP contribution in [-0.4, -0.2) is 0 Å². The molecule has 0 aromatic heterocycles. The predicted octanol–water partition coefficient (Wildman–Crippen LogP) is -1.95. The van der Waals surface area contributed by atoms with Crippen LogP contribution in [0.1, 0.15) is 26.2 Å². The first-order valence-electron chi connectivity index (χ1n) is 3.15. The molecule has 2 heteroatoms. The van der Waals surface area contributed by atoms with Crippen molar-refractivity contribution in [3.05, 3.63) is 11.8 Å². The molecule has 0 aliphatic heterocycles. The van der Waals surface area contributed by atoms with E-state index in [0.29, 0.717) is 11.7 Å². The third-order valence-corrected chi connectivity index (χ3v) is 1.58. The third kappa shape index (κ3) is 2.98. The molecule has 0 bridgehead atoms. The smallest absolute Gasteiger partial charge is 0.876 e. The van der Waals surface area contributed by atoms with E-state index in [1.807, 2.05) is 0 Å². The van der Waals surface area contributed by atoms with Crippen LogP contribution >= 0.6 is 0 Å². The number of rotatable bonds is 0. The van der Waals surface area contributed by atoms with Gasteiger partial charge in [-0.15, -0.1) is 5.76 Å².